The number of aliphatic hydroxyl groups is 1. The Morgan fingerprint density at radius 3 is 3.06 bits per heavy atom. The van der Waals surface area contributed by atoms with Crippen LogP contribution in [-0.4, -0.2) is 14.7 Å². The first-order valence-corrected chi connectivity index (χ1v) is 6.97. The number of fused-ring (bicyclic) bond motifs is 1. The Labute approximate surface area is 115 Å². The Bertz CT molecular complexity index is 591. The molecule has 1 aromatic heterocycles. The molecule has 0 amide bonds. The SMILES string of the molecule is Cc1cccc(-c2nc(Br)c3n2CCCC3O)c1. The summed E-state index contributed by atoms with van der Waals surface area (Å²) in [6.45, 7) is 3.00. The standard InChI is InChI=1S/C14H15BrN2O/c1-9-4-2-5-10(8-9)14-16-13(15)12-11(18)6-3-7-17(12)14/h2,4-5,8,11,18H,3,6-7H2,1H3. The minimum Gasteiger partial charge on any atom is -0.387 e. The fourth-order valence-electron chi connectivity index (χ4n) is 2.56. The van der Waals surface area contributed by atoms with Gasteiger partial charge in [-0.25, -0.2) is 4.98 Å². The van der Waals surface area contributed by atoms with E-state index in [1.54, 1.807) is 0 Å². The second-order valence-corrected chi connectivity index (χ2v) is 5.54. The van der Waals surface area contributed by atoms with Crippen LogP contribution in [0.4, 0.5) is 0 Å². The quantitative estimate of drug-likeness (QED) is 0.876. The summed E-state index contributed by atoms with van der Waals surface area (Å²) in [4.78, 5) is 4.57. The van der Waals surface area contributed by atoms with Crippen molar-refractivity contribution >= 4 is 15.9 Å². The Morgan fingerprint density at radius 1 is 1.44 bits per heavy atom. The second-order valence-electron chi connectivity index (χ2n) is 4.79. The number of hydrogen-bond acceptors (Lipinski definition) is 2. The van der Waals surface area contributed by atoms with E-state index in [1.165, 1.54) is 5.56 Å². The van der Waals surface area contributed by atoms with E-state index in [2.05, 4.69) is 50.6 Å². The molecule has 2 heterocycles. The average molecular weight is 307 g/mol. The summed E-state index contributed by atoms with van der Waals surface area (Å²) in [5.41, 5.74) is 3.24. The number of nitrogens with zero attached hydrogens (tertiary/aromatic N) is 2. The molecule has 0 bridgehead atoms. The van der Waals surface area contributed by atoms with Gasteiger partial charge in [-0.05, 0) is 41.8 Å². The predicted octanol–water partition coefficient (Wildman–Crippen LogP) is 3.45. The molecule has 3 nitrogen and oxygen atoms in total. The summed E-state index contributed by atoms with van der Waals surface area (Å²) in [6.07, 6.45) is 1.41. The average Bonchev–Trinajstić information content (AvgIpc) is 2.68. The van der Waals surface area contributed by atoms with Crippen molar-refractivity contribution in [1.29, 1.82) is 0 Å². The molecule has 0 aliphatic carbocycles. The van der Waals surface area contributed by atoms with E-state index >= 15 is 0 Å². The van der Waals surface area contributed by atoms with Gasteiger partial charge in [0.25, 0.3) is 0 Å². The third-order valence-corrected chi connectivity index (χ3v) is 4.00. The highest BCUT2D eigenvalue weighted by Gasteiger charge is 2.25. The van der Waals surface area contributed by atoms with Crippen LogP contribution in [0.25, 0.3) is 11.4 Å². The molecule has 0 saturated heterocycles. The number of imidazole rings is 1. The van der Waals surface area contributed by atoms with E-state index in [0.717, 1.165) is 41.1 Å². The number of aromatic nitrogens is 2. The number of benzene rings is 1. The van der Waals surface area contributed by atoms with Crippen LogP contribution < -0.4 is 0 Å². The van der Waals surface area contributed by atoms with E-state index < -0.39 is 6.10 Å². The summed E-state index contributed by atoms with van der Waals surface area (Å²) in [7, 11) is 0. The zero-order chi connectivity index (χ0) is 12.7. The topological polar surface area (TPSA) is 38.0 Å². The maximum atomic E-state index is 10.1. The minimum atomic E-state index is -0.404. The molecule has 1 aromatic carbocycles. The number of hydrogen-bond donors (Lipinski definition) is 1. The minimum absolute atomic E-state index is 0.404. The van der Waals surface area contributed by atoms with Gasteiger partial charge in [-0.1, -0.05) is 23.8 Å². The third-order valence-electron chi connectivity index (χ3n) is 3.41. The summed E-state index contributed by atoms with van der Waals surface area (Å²) in [6, 6.07) is 8.31. The lowest BCUT2D eigenvalue weighted by Gasteiger charge is -2.21. The summed E-state index contributed by atoms with van der Waals surface area (Å²) in [5, 5.41) is 10.1. The second kappa shape index (κ2) is 4.52. The summed E-state index contributed by atoms with van der Waals surface area (Å²) >= 11 is 3.47. The first kappa shape index (κ1) is 11.9. The van der Waals surface area contributed by atoms with Crippen molar-refractivity contribution in [3.63, 3.8) is 0 Å². The molecule has 0 fully saturated rings. The van der Waals surface area contributed by atoms with Crippen molar-refractivity contribution in [3.05, 3.63) is 40.1 Å². The normalized spacial score (nSPS) is 18.7. The number of aryl methyl sites for hydroxylation is 1. The highest BCUT2D eigenvalue weighted by molar-refractivity contribution is 9.10. The van der Waals surface area contributed by atoms with Gasteiger partial charge in [0.1, 0.15) is 10.4 Å². The Morgan fingerprint density at radius 2 is 2.28 bits per heavy atom. The van der Waals surface area contributed by atoms with E-state index in [4.69, 9.17) is 0 Å². The lowest BCUT2D eigenvalue weighted by atomic mass is 10.1. The van der Waals surface area contributed by atoms with Gasteiger partial charge in [0.15, 0.2) is 0 Å². The molecular weight excluding hydrogens is 292 g/mol. The first-order chi connectivity index (χ1) is 8.66. The molecule has 18 heavy (non-hydrogen) atoms. The van der Waals surface area contributed by atoms with Crippen LogP contribution in [-0.2, 0) is 6.54 Å². The zero-order valence-corrected chi connectivity index (χ0v) is 11.8. The fraction of sp³-hybridized carbons (Fsp3) is 0.357. The monoisotopic (exact) mass is 306 g/mol. The van der Waals surface area contributed by atoms with Gasteiger partial charge in [0, 0.05) is 12.1 Å². The Hall–Kier alpha value is -1.13. The highest BCUT2D eigenvalue weighted by Crippen LogP contribution is 2.35. The first-order valence-electron chi connectivity index (χ1n) is 6.18. The highest BCUT2D eigenvalue weighted by atomic mass is 79.9. The molecule has 94 valence electrons. The van der Waals surface area contributed by atoms with E-state index in [1.807, 2.05) is 6.07 Å². The number of aliphatic hydroxyl groups excluding tert-OH is 1. The Kier molecular flexibility index (Phi) is 2.99. The molecule has 1 N–H and O–H groups in total. The van der Waals surface area contributed by atoms with Crippen molar-refractivity contribution in [2.75, 3.05) is 0 Å². The third kappa shape index (κ3) is 1.89. The van der Waals surface area contributed by atoms with Crippen LogP contribution in [0.15, 0.2) is 28.9 Å². The van der Waals surface area contributed by atoms with Gasteiger partial charge in [0.2, 0.25) is 0 Å². The molecule has 3 rings (SSSR count). The molecule has 4 heteroatoms. The van der Waals surface area contributed by atoms with Crippen LogP contribution in [0.1, 0.15) is 30.2 Å². The smallest absolute Gasteiger partial charge is 0.141 e. The van der Waals surface area contributed by atoms with E-state index in [0.29, 0.717) is 0 Å². The van der Waals surface area contributed by atoms with Crippen LogP contribution in [0, 0.1) is 6.92 Å². The zero-order valence-electron chi connectivity index (χ0n) is 10.2. The summed E-state index contributed by atoms with van der Waals surface area (Å²) in [5.74, 6) is 0.944. The van der Waals surface area contributed by atoms with Crippen molar-refractivity contribution in [3.8, 4) is 11.4 Å². The van der Waals surface area contributed by atoms with Gasteiger partial charge < -0.3 is 9.67 Å². The van der Waals surface area contributed by atoms with Gasteiger partial charge in [-0.15, -0.1) is 0 Å². The maximum absolute atomic E-state index is 10.1. The number of rotatable bonds is 1. The van der Waals surface area contributed by atoms with Crippen LogP contribution in [0.5, 0.6) is 0 Å². The molecular formula is C14H15BrN2O. The molecule has 0 spiro atoms. The summed E-state index contributed by atoms with van der Waals surface area (Å²) < 4.78 is 2.90. The molecule has 1 atom stereocenters. The fourth-order valence-corrected chi connectivity index (χ4v) is 3.21. The van der Waals surface area contributed by atoms with Crippen LogP contribution >= 0.6 is 15.9 Å². The van der Waals surface area contributed by atoms with Crippen molar-refractivity contribution in [2.24, 2.45) is 0 Å². The lowest BCUT2D eigenvalue weighted by Crippen LogP contribution is -2.15. The predicted molar refractivity (Wildman–Crippen MR) is 74.3 cm³/mol. The van der Waals surface area contributed by atoms with Crippen LogP contribution in [0.3, 0.4) is 0 Å². The molecule has 1 unspecified atom stereocenters. The molecule has 0 radical (unpaired) electrons. The van der Waals surface area contributed by atoms with E-state index in [9.17, 15) is 5.11 Å². The number of halogens is 1. The Balaban J connectivity index is 2.16. The van der Waals surface area contributed by atoms with Crippen molar-refractivity contribution in [1.82, 2.24) is 9.55 Å². The van der Waals surface area contributed by atoms with Gasteiger partial charge >= 0.3 is 0 Å². The van der Waals surface area contributed by atoms with Gasteiger partial charge in [-0.3, -0.25) is 0 Å². The van der Waals surface area contributed by atoms with Crippen LogP contribution in [0.2, 0.25) is 0 Å². The molecule has 1 aliphatic heterocycles. The molecule has 0 saturated carbocycles. The molecule has 2 aromatic rings. The lowest BCUT2D eigenvalue weighted by molar-refractivity contribution is 0.138. The van der Waals surface area contributed by atoms with Gasteiger partial charge in [-0.2, -0.15) is 0 Å². The van der Waals surface area contributed by atoms with Gasteiger partial charge in [0.05, 0.1) is 11.8 Å². The largest absolute Gasteiger partial charge is 0.387 e. The van der Waals surface area contributed by atoms with E-state index in [-0.39, 0.29) is 0 Å². The molecule has 1 aliphatic rings. The van der Waals surface area contributed by atoms with Crippen molar-refractivity contribution in [2.45, 2.75) is 32.4 Å². The van der Waals surface area contributed by atoms with Crippen molar-refractivity contribution < 1.29 is 5.11 Å². The maximum Gasteiger partial charge on any atom is 0.141 e.